The largest absolute Gasteiger partial charge is 0.354 e. The Balaban J connectivity index is 1.17. The topological polar surface area (TPSA) is 84.5 Å². The van der Waals surface area contributed by atoms with Crippen LogP contribution in [0.15, 0.2) is 184 Å². The van der Waals surface area contributed by atoms with Crippen LogP contribution >= 0.6 is 34.0 Å². The van der Waals surface area contributed by atoms with Crippen LogP contribution in [0.1, 0.15) is 139 Å². The average molecular weight is 1160 g/mol. The maximum atomic E-state index is 5.81. The first-order chi connectivity index (χ1) is 41.3. The predicted molar refractivity (Wildman–Crippen MR) is 356 cm³/mol. The molecule has 9 heteroatoms. The van der Waals surface area contributed by atoms with Crippen molar-refractivity contribution in [1.29, 1.82) is 0 Å². The number of aromatic nitrogens is 3. The summed E-state index contributed by atoms with van der Waals surface area (Å²) in [5, 5.41) is 6.92. The zero-order chi connectivity index (χ0) is 57.3. The van der Waals surface area contributed by atoms with Gasteiger partial charge in [-0.05, 0) is 156 Å². The quantitative estimate of drug-likeness (QED) is 0.0914. The van der Waals surface area contributed by atoms with E-state index < -0.39 is 0 Å². The van der Waals surface area contributed by atoms with Gasteiger partial charge in [0.15, 0.2) is 0 Å². The number of aromatic amines is 3. The van der Waals surface area contributed by atoms with Gasteiger partial charge in [-0.25, -0.2) is 9.98 Å². The number of nitrogens with one attached hydrogen (secondary N) is 3. The predicted octanol–water partition coefficient (Wildman–Crippen LogP) is 14.5. The number of benzene rings is 3. The van der Waals surface area contributed by atoms with Crippen molar-refractivity contribution in [3.8, 4) is 0 Å². The summed E-state index contributed by atoms with van der Waals surface area (Å²) in [6, 6.07) is 54.1. The number of thiophene rings is 3. The van der Waals surface area contributed by atoms with E-state index in [2.05, 4.69) is 214 Å². The van der Waals surface area contributed by atoms with E-state index in [0.717, 1.165) is 143 Å². The van der Waals surface area contributed by atoms with E-state index in [0.29, 0.717) is 0 Å². The molecule has 1 atom stereocenters. The van der Waals surface area contributed by atoms with Gasteiger partial charge < -0.3 is 15.0 Å². The van der Waals surface area contributed by atoms with E-state index >= 15 is 0 Å². The summed E-state index contributed by atoms with van der Waals surface area (Å²) in [5.41, 5.74) is 20.2. The second kappa shape index (κ2) is 24.5. The van der Waals surface area contributed by atoms with E-state index in [9.17, 15) is 0 Å². The standard InChI is InChI=1S/C75H74N6S3/c1-7-22-49-40-55-61-34-35-62(82-61)57-42-51(24-9-3)72(78-57)68(47-30-18-14-19-31-47)73-53(26-11-5)44-59(80-73)65-38-39-66(84-65)60-45-54(27-12-6)75(81-60)69(48-32-20-15-21-33-48)74-52(25-10-4)43-58(79-74)64-37-36-63(83-64)56-41-50(23-8-2)71(77-56)67(70(49)76-55)46-28-16-13-17-29-46/h13-21,28-44,54,76,79-80H,7-12,22-27,45H2,1-6H3. The normalized spacial score (nSPS) is 15.9. The summed E-state index contributed by atoms with van der Waals surface area (Å²) in [6.45, 7) is 13.8. The van der Waals surface area contributed by atoms with Crippen LogP contribution in [0.4, 0.5) is 0 Å². The molecule has 10 heterocycles. The molecule has 3 N–H and O–H groups in total. The number of aliphatic imine (C=N–C) groups is 3. The maximum Gasteiger partial charge on any atom is 0.0813 e. The van der Waals surface area contributed by atoms with Crippen molar-refractivity contribution in [3.05, 3.63) is 262 Å². The summed E-state index contributed by atoms with van der Waals surface area (Å²) < 4.78 is 7.20. The van der Waals surface area contributed by atoms with Gasteiger partial charge in [0.25, 0.3) is 0 Å². The van der Waals surface area contributed by atoms with Crippen LogP contribution in [0.25, 0.3) is 33.8 Å². The van der Waals surface area contributed by atoms with Crippen molar-refractivity contribution in [2.24, 2.45) is 20.9 Å². The van der Waals surface area contributed by atoms with Crippen LogP contribution in [0.2, 0.25) is 0 Å². The van der Waals surface area contributed by atoms with Crippen LogP contribution in [0.3, 0.4) is 0 Å². The molecule has 13 rings (SSSR count). The Morgan fingerprint density at radius 3 is 1.17 bits per heavy atom. The number of allylic oxidation sites excluding steroid dienone is 2. The minimum atomic E-state index is 0.282. The van der Waals surface area contributed by atoms with Crippen molar-refractivity contribution in [2.75, 3.05) is 0 Å². The van der Waals surface area contributed by atoms with Gasteiger partial charge in [-0.15, -0.1) is 34.0 Å². The van der Waals surface area contributed by atoms with Gasteiger partial charge in [-0.2, -0.15) is 0 Å². The Morgan fingerprint density at radius 1 is 0.393 bits per heavy atom. The molecule has 422 valence electrons. The minimum absolute atomic E-state index is 0.282. The molecule has 3 aromatic carbocycles. The summed E-state index contributed by atoms with van der Waals surface area (Å²) in [5.74, 6) is 0.282. The molecular formula is C75H74N6S3. The van der Waals surface area contributed by atoms with Gasteiger partial charge in [0, 0.05) is 27.2 Å². The molecule has 0 radical (unpaired) electrons. The zero-order valence-electron chi connectivity index (χ0n) is 49.3. The Labute approximate surface area is 504 Å². The third kappa shape index (κ3) is 10.7. The van der Waals surface area contributed by atoms with Crippen LogP contribution in [0, 0.1) is 35.6 Å². The molecule has 0 aliphatic carbocycles. The van der Waals surface area contributed by atoms with Crippen LogP contribution in [-0.4, -0.2) is 32.1 Å². The molecule has 18 bridgehead atoms. The number of hydrogen-bond donors (Lipinski definition) is 3. The smallest absolute Gasteiger partial charge is 0.0813 e. The van der Waals surface area contributed by atoms with Crippen molar-refractivity contribution in [3.63, 3.8) is 0 Å². The van der Waals surface area contributed by atoms with Crippen LogP contribution in [-0.2, 0) is 19.3 Å². The Kier molecular flexibility index (Phi) is 16.2. The van der Waals surface area contributed by atoms with Crippen molar-refractivity contribution < 1.29 is 0 Å². The van der Waals surface area contributed by atoms with E-state index in [1.165, 1.54) is 95.1 Å². The number of hydrogen-bond acceptors (Lipinski definition) is 6. The summed E-state index contributed by atoms with van der Waals surface area (Å²) in [7, 11) is 0. The molecule has 4 aliphatic heterocycles. The fourth-order valence-corrected chi connectivity index (χ4v) is 15.9. The third-order valence-corrected chi connectivity index (χ3v) is 20.2. The minimum Gasteiger partial charge on any atom is -0.354 e. The molecule has 0 saturated heterocycles. The molecule has 1 unspecified atom stereocenters. The first kappa shape index (κ1) is 55.5. The Hall–Kier alpha value is -7.69. The molecule has 84 heavy (non-hydrogen) atoms. The van der Waals surface area contributed by atoms with Crippen LogP contribution in [0.5, 0.6) is 0 Å². The lowest BCUT2D eigenvalue weighted by Crippen LogP contribution is -2.23. The second-order valence-electron chi connectivity index (χ2n) is 22.9. The number of fused-ring (bicyclic) bond motifs is 15. The third-order valence-electron chi connectivity index (χ3n) is 16.8. The summed E-state index contributed by atoms with van der Waals surface area (Å²) in [6.07, 6.45) is 17.6. The Morgan fingerprint density at radius 2 is 0.762 bits per heavy atom. The average Bonchev–Trinajstić information content (AvgIpc) is 4.49. The van der Waals surface area contributed by atoms with Gasteiger partial charge in [0.2, 0.25) is 0 Å². The lowest BCUT2D eigenvalue weighted by atomic mass is 9.87. The van der Waals surface area contributed by atoms with Crippen molar-refractivity contribution >= 4 is 85.0 Å². The fourth-order valence-electron chi connectivity index (χ4n) is 13.0. The van der Waals surface area contributed by atoms with Gasteiger partial charge in [0.1, 0.15) is 0 Å². The highest BCUT2D eigenvalue weighted by Crippen LogP contribution is 2.35. The summed E-state index contributed by atoms with van der Waals surface area (Å²) in [4.78, 5) is 29.5. The molecular weight excluding hydrogens is 1080 g/mol. The first-order valence-corrected chi connectivity index (χ1v) is 33.3. The van der Waals surface area contributed by atoms with Crippen molar-refractivity contribution in [2.45, 2.75) is 125 Å². The van der Waals surface area contributed by atoms with Gasteiger partial charge in [0.05, 0.1) is 89.0 Å². The Bertz CT molecular complexity index is 4880. The van der Waals surface area contributed by atoms with E-state index in [1.54, 1.807) is 0 Å². The summed E-state index contributed by atoms with van der Waals surface area (Å²) >= 11 is 5.52. The highest BCUT2D eigenvalue weighted by Gasteiger charge is 2.30. The molecule has 0 spiro atoms. The van der Waals surface area contributed by atoms with Gasteiger partial charge >= 0.3 is 0 Å². The molecule has 6 aromatic heterocycles. The van der Waals surface area contributed by atoms with Gasteiger partial charge in [-0.1, -0.05) is 171 Å². The van der Waals surface area contributed by atoms with Crippen LogP contribution < -0.4 is 29.6 Å². The number of aryl methyl sites for hydroxylation is 3. The molecule has 0 saturated carbocycles. The zero-order valence-corrected chi connectivity index (χ0v) is 51.8. The highest BCUT2D eigenvalue weighted by atomic mass is 32.1. The SMILES string of the molecule is CCCC1=CC2=c3ccc(s3)=c3cc(CCC)c([nH]3)=C(c3ccccc3)C3=NC(=c4ccc(s4)=c4cc(CCC)c([nH]4)=C(c4ccccc4)C4=NC(=c5ccc(s5)=c5cc(CCC)c([nH]5)=C(c5ccccc5)C1=N2)C=C4CCC)CC3CCC. The number of nitrogens with zero attached hydrogens (tertiary/aromatic N) is 3. The first-order valence-electron chi connectivity index (χ1n) is 30.9. The lowest BCUT2D eigenvalue weighted by Gasteiger charge is -2.16. The lowest BCUT2D eigenvalue weighted by molar-refractivity contribution is 0.643. The monoisotopic (exact) mass is 1150 g/mol. The maximum absolute atomic E-state index is 5.81. The highest BCUT2D eigenvalue weighted by molar-refractivity contribution is 7.08. The molecule has 0 amide bonds. The number of rotatable bonds is 15. The van der Waals surface area contributed by atoms with Gasteiger partial charge in [-0.3, -0.25) is 4.99 Å². The second-order valence-corrected chi connectivity index (χ2v) is 26.1. The molecule has 0 fully saturated rings. The number of H-pyrrole nitrogens is 3. The molecule has 6 nitrogen and oxygen atoms in total. The van der Waals surface area contributed by atoms with E-state index in [1.807, 2.05) is 34.0 Å². The van der Waals surface area contributed by atoms with E-state index in [-0.39, 0.29) is 5.92 Å². The molecule has 9 aromatic rings. The molecule has 4 aliphatic rings. The van der Waals surface area contributed by atoms with E-state index in [4.69, 9.17) is 15.0 Å². The van der Waals surface area contributed by atoms with Crippen molar-refractivity contribution in [1.82, 2.24) is 15.0 Å². The fraction of sp³-hybridized carbons (Fsp3) is 0.267.